The van der Waals surface area contributed by atoms with Gasteiger partial charge in [-0.1, -0.05) is 84.9 Å². The molecule has 0 aliphatic carbocycles. The highest BCUT2D eigenvalue weighted by molar-refractivity contribution is 6.13. The first-order valence-corrected chi connectivity index (χ1v) is 18.9. The molecule has 7 nitrogen and oxygen atoms in total. The summed E-state index contributed by atoms with van der Waals surface area (Å²) in [4.78, 5) is 9.66. The Morgan fingerprint density at radius 1 is 0.441 bits per heavy atom. The van der Waals surface area contributed by atoms with Gasteiger partial charge in [-0.25, -0.2) is 9.69 Å². The van der Waals surface area contributed by atoms with Crippen molar-refractivity contribution in [3.8, 4) is 34.6 Å². The summed E-state index contributed by atoms with van der Waals surface area (Å²) >= 11 is 0. The number of benzene rings is 8. The highest BCUT2D eigenvalue weighted by atomic mass is 15.1. The summed E-state index contributed by atoms with van der Waals surface area (Å²) < 4.78 is 4.23. The second kappa shape index (κ2) is 14.0. The topological polar surface area (TPSA) is 69.4 Å². The minimum Gasteiger partial charge on any atom is -0.319 e. The molecule has 0 bridgehead atoms. The Hall–Kier alpha value is -8.88. The molecule has 0 spiro atoms. The van der Waals surface area contributed by atoms with Gasteiger partial charge in [0.05, 0.1) is 64.3 Å². The van der Waals surface area contributed by atoms with Crippen molar-refractivity contribution in [3.63, 3.8) is 0 Å². The van der Waals surface area contributed by atoms with Crippen LogP contribution >= 0.6 is 0 Å². The normalized spacial score (nSPS) is 11.0. The Kier molecular flexibility index (Phi) is 8.21. The molecule has 7 heteroatoms. The molecule has 0 aliphatic rings. The Balaban J connectivity index is 1.20. The summed E-state index contributed by atoms with van der Waals surface area (Å²) in [5, 5.41) is 23.9. The summed E-state index contributed by atoms with van der Waals surface area (Å²) in [6.07, 6.45) is 0. The van der Waals surface area contributed by atoms with E-state index >= 15 is 0 Å². The van der Waals surface area contributed by atoms with E-state index in [1.54, 1.807) is 24.3 Å². The monoisotopic (exact) mass is 751 g/mol. The van der Waals surface area contributed by atoms with Gasteiger partial charge in [0.25, 0.3) is 0 Å². The molecule has 2 heterocycles. The molecule has 0 fully saturated rings. The fourth-order valence-electron chi connectivity index (χ4n) is 8.35. The summed E-state index contributed by atoms with van der Waals surface area (Å²) in [5.74, 6) is 0. The summed E-state index contributed by atoms with van der Waals surface area (Å²) in [5.41, 5.74) is 12.1. The molecule has 59 heavy (non-hydrogen) atoms. The van der Waals surface area contributed by atoms with E-state index in [2.05, 4.69) is 133 Å². The fourth-order valence-corrected chi connectivity index (χ4v) is 8.35. The van der Waals surface area contributed by atoms with E-state index in [1.165, 1.54) is 0 Å². The lowest BCUT2D eigenvalue weighted by atomic mass is 10.0. The van der Waals surface area contributed by atoms with E-state index in [4.69, 9.17) is 13.1 Å². The van der Waals surface area contributed by atoms with Gasteiger partial charge in [0.15, 0.2) is 5.69 Å². The van der Waals surface area contributed by atoms with Crippen LogP contribution in [0.1, 0.15) is 11.1 Å². The van der Waals surface area contributed by atoms with Crippen LogP contribution in [0.25, 0.3) is 75.8 Å². The van der Waals surface area contributed by atoms with E-state index in [-0.39, 0.29) is 0 Å². The van der Waals surface area contributed by atoms with Crippen molar-refractivity contribution in [2.24, 2.45) is 0 Å². The molecule has 0 aliphatic heterocycles. The third kappa shape index (κ3) is 5.63. The molecule has 0 saturated heterocycles. The van der Waals surface area contributed by atoms with E-state index in [1.807, 2.05) is 54.6 Å². The van der Waals surface area contributed by atoms with Gasteiger partial charge in [0.1, 0.15) is 0 Å². The van der Waals surface area contributed by atoms with Crippen molar-refractivity contribution in [1.82, 2.24) is 9.13 Å². The lowest BCUT2D eigenvalue weighted by Crippen LogP contribution is -2.10. The van der Waals surface area contributed by atoms with E-state index in [9.17, 15) is 10.5 Å². The van der Waals surface area contributed by atoms with Crippen LogP contribution in [0.3, 0.4) is 0 Å². The average Bonchev–Trinajstić information content (AvgIpc) is 3.81. The zero-order chi connectivity index (χ0) is 40.0. The van der Waals surface area contributed by atoms with Gasteiger partial charge in [-0.3, -0.25) is 0 Å². The predicted octanol–water partition coefficient (Wildman–Crippen LogP) is 13.9. The van der Waals surface area contributed by atoms with Gasteiger partial charge < -0.3 is 14.0 Å². The largest absolute Gasteiger partial charge is 0.319 e. The Bertz CT molecular complexity index is 3300. The van der Waals surface area contributed by atoms with Gasteiger partial charge in [-0.2, -0.15) is 10.5 Å². The van der Waals surface area contributed by atoms with Crippen molar-refractivity contribution in [3.05, 3.63) is 210 Å². The van der Waals surface area contributed by atoms with Gasteiger partial charge in [-0.15, -0.1) is 0 Å². The number of rotatable bonds is 6. The standard InChI is InChI=1S/C52H29N7/c1-55-38-19-25-47(37(29-38)33-54)58-48-14-8-6-12-42(48)44-30-40(22-26-50(44)58)57(39-20-17-36(18-21-39)35-10-4-3-5-11-35)41-23-27-51-45(31-41)43-13-7-9-15-49(43)59(51)52-24-16-34(32-53)28-46(52)56-2/h3-31H. The lowest BCUT2D eigenvalue weighted by molar-refractivity contribution is 1.17. The summed E-state index contributed by atoms with van der Waals surface area (Å²) in [6.45, 7) is 15.5. The Morgan fingerprint density at radius 3 is 1.58 bits per heavy atom. The molecule has 0 amide bonds. The van der Waals surface area contributed by atoms with Crippen LogP contribution in [0, 0.1) is 35.8 Å². The van der Waals surface area contributed by atoms with Crippen LogP contribution in [0.2, 0.25) is 0 Å². The smallest absolute Gasteiger partial charge is 0.211 e. The minimum atomic E-state index is 0.410. The van der Waals surface area contributed by atoms with Crippen LogP contribution in [0.5, 0.6) is 0 Å². The van der Waals surface area contributed by atoms with Crippen molar-refractivity contribution >= 4 is 72.0 Å². The molecule has 8 aromatic carbocycles. The number of hydrogen-bond donors (Lipinski definition) is 0. The zero-order valence-electron chi connectivity index (χ0n) is 31.4. The molecule has 0 N–H and O–H groups in total. The number of nitriles is 2. The van der Waals surface area contributed by atoms with Crippen LogP contribution in [-0.2, 0) is 0 Å². The zero-order valence-corrected chi connectivity index (χ0v) is 31.4. The number of nitrogens with zero attached hydrogens (tertiary/aromatic N) is 7. The molecule has 0 atom stereocenters. The van der Waals surface area contributed by atoms with Gasteiger partial charge in [0, 0.05) is 44.2 Å². The molecule has 2 aromatic heterocycles. The maximum absolute atomic E-state index is 10.2. The van der Waals surface area contributed by atoms with E-state index in [0.717, 1.165) is 83.2 Å². The lowest BCUT2D eigenvalue weighted by Gasteiger charge is -2.26. The average molecular weight is 752 g/mol. The van der Waals surface area contributed by atoms with Crippen LogP contribution in [0.15, 0.2) is 176 Å². The summed E-state index contributed by atoms with van der Waals surface area (Å²) in [6, 6.07) is 63.3. The molecule has 0 unspecified atom stereocenters. The minimum absolute atomic E-state index is 0.410. The van der Waals surface area contributed by atoms with Gasteiger partial charge >= 0.3 is 0 Å². The molecule has 10 rings (SSSR count). The van der Waals surface area contributed by atoms with Crippen molar-refractivity contribution in [1.29, 1.82) is 10.5 Å². The molecule has 0 radical (unpaired) electrons. The second-order valence-corrected chi connectivity index (χ2v) is 14.2. The third-order valence-corrected chi connectivity index (χ3v) is 11.0. The van der Waals surface area contributed by atoms with Crippen LogP contribution < -0.4 is 4.90 Å². The highest BCUT2D eigenvalue weighted by Gasteiger charge is 2.21. The molecular formula is C52H29N7. The number of aromatic nitrogens is 2. The van der Waals surface area contributed by atoms with Crippen molar-refractivity contribution < 1.29 is 0 Å². The van der Waals surface area contributed by atoms with Crippen LogP contribution in [0.4, 0.5) is 28.4 Å². The van der Waals surface area contributed by atoms with Crippen molar-refractivity contribution in [2.45, 2.75) is 0 Å². The molecule has 10 aromatic rings. The highest BCUT2D eigenvalue weighted by Crippen LogP contribution is 2.44. The maximum Gasteiger partial charge on any atom is 0.211 e. The van der Waals surface area contributed by atoms with Crippen LogP contribution in [-0.4, -0.2) is 9.13 Å². The summed E-state index contributed by atoms with van der Waals surface area (Å²) in [7, 11) is 0. The Labute approximate surface area is 339 Å². The second-order valence-electron chi connectivity index (χ2n) is 14.2. The number of hydrogen-bond acceptors (Lipinski definition) is 3. The van der Waals surface area contributed by atoms with Crippen molar-refractivity contribution in [2.75, 3.05) is 4.90 Å². The maximum atomic E-state index is 10.2. The SMILES string of the molecule is [C-]#[N+]c1ccc(-n2c3ccccc3c3cc(N(c4ccc(-c5ccccc5)cc4)c4ccc5c(c4)c4ccccc4n5-c4ccc(C#N)cc4[N+]#[C-])ccc32)c(C#N)c1. The van der Waals surface area contributed by atoms with E-state index in [0.29, 0.717) is 22.5 Å². The number of para-hydroxylation sites is 2. The fraction of sp³-hybridized carbons (Fsp3) is 0. The molecular weight excluding hydrogens is 723 g/mol. The van der Waals surface area contributed by atoms with Gasteiger partial charge in [0.2, 0.25) is 5.69 Å². The molecule has 0 saturated carbocycles. The Morgan fingerprint density at radius 2 is 0.983 bits per heavy atom. The molecule has 272 valence electrons. The quantitative estimate of drug-likeness (QED) is 0.159. The number of fused-ring (bicyclic) bond motifs is 6. The van der Waals surface area contributed by atoms with E-state index < -0.39 is 0 Å². The number of anilines is 3. The first-order chi connectivity index (χ1) is 29.1. The first kappa shape index (κ1) is 34.6. The predicted molar refractivity (Wildman–Crippen MR) is 237 cm³/mol. The third-order valence-electron chi connectivity index (χ3n) is 11.0. The van der Waals surface area contributed by atoms with Gasteiger partial charge in [-0.05, 0) is 102 Å². The first-order valence-electron chi connectivity index (χ1n) is 18.9.